The second kappa shape index (κ2) is 7.01. The second-order valence-corrected chi connectivity index (χ2v) is 6.34. The topological polar surface area (TPSA) is 90.5 Å². The summed E-state index contributed by atoms with van der Waals surface area (Å²) in [5, 5.41) is 2.43. The number of ether oxygens (including phenoxy) is 3. The summed E-state index contributed by atoms with van der Waals surface area (Å²) in [6, 6.07) is 9.64. The van der Waals surface area contributed by atoms with Crippen molar-refractivity contribution in [1.29, 1.82) is 0 Å². The van der Waals surface area contributed by atoms with Gasteiger partial charge in [0, 0.05) is 10.9 Å². The number of nitrogens with zero attached hydrogens (tertiary/aromatic N) is 1. The van der Waals surface area contributed by atoms with Gasteiger partial charge < -0.3 is 19.2 Å². The van der Waals surface area contributed by atoms with Crippen LogP contribution in [0.4, 0.5) is 0 Å². The summed E-state index contributed by atoms with van der Waals surface area (Å²) in [6.07, 6.45) is 1.22. The van der Waals surface area contributed by atoms with Gasteiger partial charge in [0.1, 0.15) is 36.7 Å². The van der Waals surface area contributed by atoms with Gasteiger partial charge in [0.05, 0.1) is 5.39 Å². The summed E-state index contributed by atoms with van der Waals surface area (Å²) >= 11 is 1.37. The first kappa shape index (κ1) is 16.3. The molecule has 0 bridgehead atoms. The minimum atomic E-state index is -0.663. The molecule has 0 fully saturated rings. The molecule has 8 heteroatoms. The third-order valence-corrected chi connectivity index (χ3v) is 4.64. The second-order valence-electron chi connectivity index (χ2n) is 5.49. The molecule has 26 heavy (non-hydrogen) atoms. The number of esters is 1. The highest BCUT2D eigenvalue weighted by atomic mass is 32.1. The Kier molecular flexibility index (Phi) is 4.40. The molecule has 2 aromatic heterocycles. The molecule has 1 N–H and O–H groups in total. The molecule has 3 aromatic rings. The quantitative estimate of drug-likeness (QED) is 0.710. The van der Waals surface area contributed by atoms with Crippen molar-refractivity contribution in [3.05, 3.63) is 63.9 Å². The van der Waals surface area contributed by atoms with E-state index in [-0.39, 0.29) is 23.7 Å². The fourth-order valence-corrected chi connectivity index (χ4v) is 3.54. The van der Waals surface area contributed by atoms with Gasteiger partial charge in [0.2, 0.25) is 5.76 Å². The zero-order valence-electron chi connectivity index (χ0n) is 13.6. The third-order valence-electron chi connectivity index (χ3n) is 3.77. The number of hydrogen-bond donors (Lipinski definition) is 1. The molecule has 1 aliphatic rings. The van der Waals surface area contributed by atoms with E-state index in [1.165, 1.54) is 17.6 Å². The van der Waals surface area contributed by atoms with Crippen molar-refractivity contribution in [1.82, 2.24) is 9.97 Å². The van der Waals surface area contributed by atoms with Gasteiger partial charge in [-0.05, 0) is 5.56 Å². The molecule has 7 nitrogen and oxygen atoms in total. The molecule has 132 valence electrons. The molecule has 1 aromatic carbocycles. The fourth-order valence-electron chi connectivity index (χ4n) is 2.57. The van der Waals surface area contributed by atoms with Gasteiger partial charge in [-0.25, -0.2) is 9.78 Å². The summed E-state index contributed by atoms with van der Waals surface area (Å²) in [5.41, 5.74) is 1.52. The van der Waals surface area contributed by atoms with Crippen LogP contribution < -0.4 is 5.56 Å². The lowest BCUT2D eigenvalue weighted by Gasteiger charge is -2.14. The summed E-state index contributed by atoms with van der Waals surface area (Å²) < 4.78 is 15.3. The van der Waals surface area contributed by atoms with Crippen LogP contribution in [0.2, 0.25) is 0 Å². The van der Waals surface area contributed by atoms with E-state index in [1.807, 2.05) is 35.7 Å². The van der Waals surface area contributed by atoms with Crippen molar-refractivity contribution in [3.63, 3.8) is 0 Å². The Morgan fingerprint density at radius 1 is 1.27 bits per heavy atom. The molecule has 0 unspecified atom stereocenters. The van der Waals surface area contributed by atoms with E-state index >= 15 is 0 Å². The van der Waals surface area contributed by atoms with Gasteiger partial charge in [0.25, 0.3) is 5.56 Å². The monoisotopic (exact) mass is 370 g/mol. The molecule has 0 aliphatic carbocycles. The number of aromatic amines is 1. The predicted molar refractivity (Wildman–Crippen MR) is 95.5 cm³/mol. The average molecular weight is 370 g/mol. The first-order valence-electron chi connectivity index (χ1n) is 7.90. The molecule has 1 aliphatic heterocycles. The molecule has 0 saturated heterocycles. The van der Waals surface area contributed by atoms with Crippen LogP contribution in [-0.4, -0.2) is 29.2 Å². The highest BCUT2D eigenvalue weighted by Crippen LogP contribution is 2.30. The predicted octanol–water partition coefficient (Wildman–Crippen LogP) is 2.58. The van der Waals surface area contributed by atoms with Crippen LogP contribution in [0.1, 0.15) is 5.82 Å². The van der Waals surface area contributed by atoms with Crippen molar-refractivity contribution in [2.45, 2.75) is 6.61 Å². The standard InChI is InChI=1S/C18H14N2O5S/c21-16-15-12(11-4-2-1-3-5-11)10-26-17(15)20-14(19-16)9-25-18(22)13-8-23-6-7-24-13/h1-5,8,10H,6-7,9H2,(H,19,20,21). The summed E-state index contributed by atoms with van der Waals surface area (Å²) in [6.45, 7) is 0.521. The molecular formula is C18H14N2O5S. The number of carbonyl (C=O) groups is 1. The van der Waals surface area contributed by atoms with E-state index in [0.29, 0.717) is 23.4 Å². The first-order chi connectivity index (χ1) is 12.7. The molecular weight excluding hydrogens is 356 g/mol. The van der Waals surface area contributed by atoms with Gasteiger partial charge in [-0.1, -0.05) is 30.3 Å². The average Bonchev–Trinajstić information content (AvgIpc) is 3.12. The molecule has 0 radical (unpaired) electrons. The van der Waals surface area contributed by atoms with Crippen molar-refractivity contribution in [2.24, 2.45) is 0 Å². The zero-order valence-corrected chi connectivity index (χ0v) is 14.4. The van der Waals surface area contributed by atoms with Gasteiger partial charge >= 0.3 is 5.97 Å². The fraction of sp³-hybridized carbons (Fsp3) is 0.167. The van der Waals surface area contributed by atoms with Gasteiger partial charge in [-0.2, -0.15) is 0 Å². The number of hydrogen-bond acceptors (Lipinski definition) is 7. The van der Waals surface area contributed by atoms with Gasteiger partial charge in [0.15, 0.2) is 0 Å². The Hall–Kier alpha value is -3.13. The van der Waals surface area contributed by atoms with E-state index in [0.717, 1.165) is 11.1 Å². The number of nitrogens with one attached hydrogen (secondary N) is 1. The molecule has 0 amide bonds. The number of H-pyrrole nitrogens is 1. The molecule has 0 spiro atoms. The van der Waals surface area contributed by atoms with E-state index in [9.17, 15) is 9.59 Å². The Labute approximate surface area is 151 Å². The van der Waals surface area contributed by atoms with Crippen molar-refractivity contribution in [2.75, 3.05) is 13.2 Å². The number of carbonyl (C=O) groups excluding carboxylic acids is 1. The minimum absolute atomic E-state index is 0.00200. The SMILES string of the molecule is O=C(OCc1nc2scc(-c3ccccc3)c2c(=O)[nH]1)C1=COCCO1. The van der Waals surface area contributed by atoms with Crippen LogP contribution >= 0.6 is 11.3 Å². The molecule has 4 rings (SSSR count). The van der Waals surface area contributed by atoms with Crippen LogP contribution in [0.5, 0.6) is 0 Å². The number of thiophene rings is 1. The van der Waals surface area contributed by atoms with Crippen LogP contribution in [0, 0.1) is 0 Å². The van der Waals surface area contributed by atoms with E-state index in [4.69, 9.17) is 14.2 Å². The Morgan fingerprint density at radius 2 is 2.12 bits per heavy atom. The lowest BCUT2D eigenvalue weighted by molar-refractivity contribution is -0.146. The lowest BCUT2D eigenvalue weighted by atomic mass is 10.1. The van der Waals surface area contributed by atoms with E-state index in [2.05, 4.69) is 9.97 Å². The van der Waals surface area contributed by atoms with E-state index < -0.39 is 5.97 Å². The number of fused-ring (bicyclic) bond motifs is 1. The normalized spacial score (nSPS) is 13.6. The van der Waals surface area contributed by atoms with Crippen LogP contribution in [0.15, 0.2) is 52.5 Å². The smallest absolute Gasteiger partial charge is 0.377 e. The van der Waals surface area contributed by atoms with Gasteiger partial charge in [-0.15, -0.1) is 11.3 Å². The van der Waals surface area contributed by atoms with E-state index in [1.54, 1.807) is 0 Å². The highest BCUT2D eigenvalue weighted by Gasteiger charge is 2.18. The van der Waals surface area contributed by atoms with Crippen LogP contribution in [0.3, 0.4) is 0 Å². The largest absolute Gasteiger partial charge is 0.493 e. The van der Waals surface area contributed by atoms with Gasteiger partial charge in [-0.3, -0.25) is 4.79 Å². The maximum Gasteiger partial charge on any atom is 0.377 e. The Balaban J connectivity index is 1.57. The van der Waals surface area contributed by atoms with Crippen molar-refractivity contribution >= 4 is 27.5 Å². The maximum atomic E-state index is 12.5. The van der Waals surface area contributed by atoms with Crippen molar-refractivity contribution < 1.29 is 19.0 Å². The Bertz CT molecular complexity index is 1040. The minimum Gasteiger partial charge on any atom is -0.493 e. The Morgan fingerprint density at radius 3 is 2.88 bits per heavy atom. The lowest BCUT2D eigenvalue weighted by Crippen LogP contribution is -2.19. The summed E-state index contributed by atoms with van der Waals surface area (Å²) in [5.74, 6) is -0.389. The first-order valence-corrected chi connectivity index (χ1v) is 8.78. The number of benzene rings is 1. The molecule has 3 heterocycles. The highest BCUT2D eigenvalue weighted by molar-refractivity contribution is 7.17. The number of aromatic nitrogens is 2. The van der Waals surface area contributed by atoms with Crippen LogP contribution in [0.25, 0.3) is 21.3 Å². The maximum absolute atomic E-state index is 12.5. The summed E-state index contributed by atoms with van der Waals surface area (Å²) in [4.78, 5) is 32.1. The summed E-state index contributed by atoms with van der Waals surface area (Å²) in [7, 11) is 0. The zero-order chi connectivity index (χ0) is 17.9. The molecule has 0 saturated carbocycles. The molecule has 0 atom stereocenters. The van der Waals surface area contributed by atoms with Crippen LogP contribution in [-0.2, 0) is 25.6 Å². The number of rotatable bonds is 4. The van der Waals surface area contributed by atoms with Crippen molar-refractivity contribution in [3.8, 4) is 11.1 Å². The third kappa shape index (κ3) is 3.18.